The maximum atomic E-state index is 11.3. The first-order valence-electron chi connectivity index (χ1n) is 7.00. The van der Waals surface area contributed by atoms with Crippen LogP contribution in [-0.2, 0) is 11.3 Å². The van der Waals surface area contributed by atoms with Crippen molar-refractivity contribution in [2.24, 2.45) is 0 Å². The molecule has 2 N–H and O–H groups in total. The summed E-state index contributed by atoms with van der Waals surface area (Å²) in [6.45, 7) is 2.64. The average Bonchev–Trinajstić information content (AvgIpc) is 2.97. The van der Waals surface area contributed by atoms with E-state index in [0.717, 1.165) is 24.3 Å². The summed E-state index contributed by atoms with van der Waals surface area (Å²) >= 11 is 0. The average molecular weight is 286 g/mol. The Morgan fingerprint density at radius 2 is 2.19 bits per heavy atom. The number of carbonyl (C=O) groups is 1. The molecule has 1 aliphatic heterocycles. The fourth-order valence-electron chi connectivity index (χ4n) is 2.58. The first kappa shape index (κ1) is 13.8. The van der Waals surface area contributed by atoms with Crippen LogP contribution in [0.2, 0.25) is 0 Å². The van der Waals surface area contributed by atoms with Crippen molar-refractivity contribution < 1.29 is 9.90 Å². The second-order valence-corrected chi connectivity index (χ2v) is 5.16. The molecule has 0 radical (unpaired) electrons. The summed E-state index contributed by atoms with van der Waals surface area (Å²) < 4.78 is 1.81. The van der Waals surface area contributed by atoms with Gasteiger partial charge in [0, 0.05) is 37.9 Å². The molecule has 0 bridgehead atoms. The van der Waals surface area contributed by atoms with Gasteiger partial charge in [0.2, 0.25) is 0 Å². The molecule has 6 heteroatoms. The van der Waals surface area contributed by atoms with Gasteiger partial charge in [-0.1, -0.05) is 18.2 Å². The molecule has 1 aromatic carbocycles. The maximum Gasteiger partial charge on any atom is 0.322 e. The van der Waals surface area contributed by atoms with Crippen molar-refractivity contribution in [3.63, 3.8) is 0 Å². The Labute approximate surface area is 123 Å². The van der Waals surface area contributed by atoms with E-state index in [1.54, 1.807) is 6.20 Å². The lowest BCUT2D eigenvalue weighted by atomic mass is 10.1. The third-order valence-electron chi connectivity index (χ3n) is 3.68. The van der Waals surface area contributed by atoms with Crippen molar-refractivity contribution in [1.29, 1.82) is 0 Å². The molecular weight excluding hydrogens is 268 g/mol. The van der Waals surface area contributed by atoms with Crippen molar-refractivity contribution in [2.45, 2.75) is 12.6 Å². The topological polar surface area (TPSA) is 70.4 Å². The van der Waals surface area contributed by atoms with E-state index in [1.807, 2.05) is 46.1 Å². The highest BCUT2D eigenvalue weighted by Gasteiger charge is 2.28. The summed E-state index contributed by atoms with van der Waals surface area (Å²) in [5, 5.41) is 16.7. The Kier molecular flexibility index (Phi) is 3.98. The zero-order chi connectivity index (χ0) is 14.7. The molecule has 0 saturated carbocycles. The second-order valence-electron chi connectivity index (χ2n) is 5.16. The number of hydrogen-bond donors (Lipinski definition) is 2. The number of aliphatic carboxylic acids is 1. The number of nitrogens with one attached hydrogen (secondary N) is 1. The van der Waals surface area contributed by atoms with Crippen molar-refractivity contribution >= 4 is 5.97 Å². The SMILES string of the molecule is O=C(O)C1CNCCN1Cc1cnn(-c2ccccc2)c1. The Bertz CT molecular complexity index is 611. The van der Waals surface area contributed by atoms with Crippen molar-refractivity contribution in [1.82, 2.24) is 20.0 Å². The van der Waals surface area contributed by atoms with Crippen molar-refractivity contribution in [3.8, 4) is 5.69 Å². The molecule has 0 amide bonds. The van der Waals surface area contributed by atoms with Crippen molar-refractivity contribution in [3.05, 3.63) is 48.3 Å². The molecule has 3 rings (SSSR count). The van der Waals surface area contributed by atoms with Gasteiger partial charge in [0.05, 0.1) is 11.9 Å². The number of aromatic nitrogens is 2. The first-order valence-corrected chi connectivity index (χ1v) is 7.00. The van der Waals surface area contributed by atoms with E-state index in [-0.39, 0.29) is 0 Å². The highest BCUT2D eigenvalue weighted by Crippen LogP contribution is 2.12. The van der Waals surface area contributed by atoms with Crippen LogP contribution in [0.1, 0.15) is 5.56 Å². The number of carboxylic acid groups (broad SMARTS) is 1. The second kappa shape index (κ2) is 6.07. The predicted molar refractivity (Wildman–Crippen MR) is 78.3 cm³/mol. The van der Waals surface area contributed by atoms with Gasteiger partial charge in [0.1, 0.15) is 6.04 Å². The van der Waals surface area contributed by atoms with Gasteiger partial charge in [-0.05, 0) is 12.1 Å². The maximum absolute atomic E-state index is 11.3. The number of piperazine rings is 1. The molecule has 0 aliphatic carbocycles. The van der Waals surface area contributed by atoms with E-state index in [0.29, 0.717) is 13.1 Å². The summed E-state index contributed by atoms with van der Waals surface area (Å²) in [7, 11) is 0. The Hall–Kier alpha value is -2.18. The normalized spacial score (nSPS) is 19.5. The highest BCUT2D eigenvalue weighted by atomic mass is 16.4. The van der Waals surface area contributed by atoms with E-state index in [4.69, 9.17) is 0 Å². The number of nitrogens with zero attached hydrogens (tertiary/aromatic N) is 3. The van der Waals surface area contributed by atoms with Crippen LogP contribution >= 0.6 is 0 Å². The van der Waals surface area contributed by atoms with Gasteiger partial charge >= 0.3 is 5.97 Å². The Balaban J connectivity index is 1.73. The van der Waals surface area contributed by atoms with Gasteiger partial charge in [-0.15, -0.1) is 0 Å². The number of carboxylic acids is 1. The highest BCUT2D eigenvalue weighted by molar-refractivity contribution is 5.74. The molecule has 110 valence electrons. The minimum atomic E-state index is -0.780. The number of hydrogen-bond acceptors (Lipinski definition) is 4. The summed E-state index contributed by atoms with van der Waals surface area (Å²) in [6.07, 6.45) is 3.75. The standard InChI is InChI=1S/C15H18N4O2/c20-15(21)14-9-16-6-7-18(14)10-12-8-17-19(11-12)13-4-2-1-3-5-13/h1-5,8,11,14,16H,6-7,9-10H2,(H,20,21). The summed E-state index contributed by atoms with van der Waals surface area (Å²) in [5.41, 5.74) is 2.02. The fourth-order valence-corrected chi connectivity index (χ4v) is 2.58. The molecule has 1 atom stereocenters. The van der Waals surface area contributed by atoms with Crippen LogP contribution in [0.5, 0.6) is 0 Å². The molecule has 2 aromatic rings. The van der Waals surface area contributed by atoms with Crippen molar-refractivity contribution in [2.75, 3.05) is 19.6 Å². The van der Waals surface area contributed by atoms with Gasteiger partial charge in [0.25, 0.3) is 0 Å². The van der Waals surface area contributed by atoms with E-state index < -0.39 is 12.0 Å². The molecule has 21 heavy (non-hydrogen) atoms. The minimum Gasteiger partial charge on any atom is -0.480 e. The smallest absolute Gasteiger partial charge is 0.322 e. The van der Waals surface area contributed by atoms with Crippen LogP contribution in [-0.4, -0.2) is 51.4 Å². The van der Waals surface area contributed by atoms with Crippen LogP contribution in [0.15, 0.2) is 42.7 Å². The summed E-state index contributed by atoms with van der Waals surface area (Å²) in [6, 6.07) is 9.40. The van der Waals surface area contributed by atoms with Gasteiger partial charge in [-0.25, -0.2) is 4.68 Å². The monoisotopic (exact) mass is 286 g/mol. The number of para-hydroxylation sites is 1. The predicted octanol–water partition coefficient (Wildman–Crippen LogP) is 0.731. The lowest BCUT2D eigenvalue weighted by Crippen LogP contribution is -2.54. The van der Waals surface area contributed by atoms with Crippen LogP contribution in [0.4, 0.5) is 0 Å². The molecule has 2 heterocycles. The van der Waals surface area contributed by atoms with Crippen LogP contribution in [0.25, 0.3) is 5.69 Å². The zero-order valence-corrected chi connectivity index (χ0v) is 11.6. The zero-order valence-electron chi connectivity index (χ0n) is 11.6. The largest absolute Gasteiger partial charge is 0.480 e. The van der Waals surface area contributed by atoms with Gasteiger partial charge in [0.15, 0.2) is 0 Å². The molecule has 0 spiro atoms. The molecule has 1 saturated heterocycles. The molecular formula is C15H18N4O2. The fraction of sp³-hybridized carbons (Fsp3) is 0.333. The lowest BCUT2D eigenvalue weighted by Gasteiger charge is -2.32. The third kappa shape index (κ3) is 3.12. The number of benzene rings is 1. The van der Waals surface area contributed by atoms with Gasteiger partial charge in [-0.2, -0.15) is 5.10 Å². The van der Waals surface area contributed by atoms with Gasteiger partial charge in [-0.3, -0.25) is 9.69 Å². The molecule has 1 aromatic heterocycles. The Morgan fingerprint density at radius 3 is 2.95 bits per heavy atom. The lowest BCUT2D eigenvalue weighted by molar-refractivity contribution is -0.144. The first-order chi connectivity index (χ1) is 10.2. The summed E-state index contributed by atoms with van der Waals surface area (Å²) in [4.78, 5) is 13.3. The van der Waals surface area contributed by atoms with Crippen LogP contribution < -0.4 is 5.32 Å². The Morgan fingerprint density at radius 1 is 1.38 bits per heavy atom. The van der Waals surface area contributed by atoms with E-state index in [1.165, 1.54) is 0 Å². The third-order valence-corrected chi connectivity index (χ3v) is 3.68. The molecule has 6 nitrogen and oxygen atoms in total. The van der Waals surface area contributed by atoms with Gasteiger partial charge < -0.3 is 10.4 Å². The number of rotatable bonds is 4. The summed E-state index contributed by atoms with van der Waals surface area (Å²) in [5.74, 6) is -0.780. The minimum absolute atomic E-state index is 0.473. The van der Waals surface area contributed by atoms with Crippen LogP contribution in [0.3, 0.4) is 0 Å². The van der Waals surface area contributed by atoms with Crippen LogP contribution in [0, 0.1) is 0 Å². The van der Waals surface area contributed by atoms with E-state index >= 15 is 0 Å². The molecule has 1 fully saturated rings. The molecule has 1 aliphatic rings. The molecule has 1 unspecified atom stereocenters. The van der Waals surface area contributed by atoms with E-state index in [2.05, 4.69) is 10.4 Å². The quantitative estimate of drug-likeness (QED) is 0.867. The van der Waals surface area contributed by atoms with E-state index in [9.17, 15) is 9.90 Å².